The number of methoxy groups -OCH3 is 1. The van der Waals surface area contributed by atoms with E-state index in [4.69, 9.17) is 9.72 Å². The normalized spacial score (nSPS) is 13.1. The zero-order valence-electron chi connectivity index (χ0n) is 21.8. The van der Waals surface area contributed by atoms with E-state index in [9.17, 15) is 0 Å². The van der Waals surface area contributed by atoms with Gasteiger partial charge in [0.25, 0.3) is 0 Å². The Morgan fingerprint density at radius 2 is 1.59 bits per heavy atom. The van der Waals surface area contributed by atoms with Crippen LogP contribution in [0.1, 0.15) is 53.4 Å². The Balaban J connectivity index is 1.96. The summed E-state index contributed by atoms with van der Waals surface area (Å²) in [6, 6.07) is 8.78. The average Bonchev–Trinajstić information content (AvgIpc) is 3.40. The van der Waals surface area contributed by atoms with Gasteiger partial charge in [-0.3, -0.25) is 4.40 Å². The van der Waals surface area contributed by atoms with Crippen LogP contribution in [-0.2, 0) is 7.05 Å². The SMILES string of the molecule is COc1ccc2c(c1)c(-c1cc3c(ncc4cnc(C)n43)n1C(C(C)(C)C)C(C)(C)C)cn2C. The number of aromatic nitrogens is 5. The second-order valence-electron chi connectivity index (χ2n) is 11.6. The zero-order chi connectivity index (χ0) is 24.6. The topological polar surface area (TPSA) is 49.3 Å². The molecule has 0 unspecified atom stereocenters. The van der Waals surface area contributed by atoms with E-state index in [0.29, 0.717) is 0 Å². The third-order valence-electron chi connectivity index (χ3n) is 6.89. The Hall–Kier alpha value is -3.28. The van der Waals surface area contributed by atoms with Gasteiger partial charge in [-0.05, 0) is 42.0 Å². The van der Waals surface area contributed by atoms with Crippen LogP contribution in [-0.4, -0.2) is 30.6 Å². The zero-order valence-corrected chi connectivity index (χ0v) is 21.8. The Morgan fingerprint density at radius 1 is 0.912 bits per heavy atom. The van der Waals surface area contributed by atoms with Crippen molar-refractivity contribution in [3.8, 4) is 17.0 Å². The Morgan fingerprint density at radius 3 is 2.24 bits per heavy atom. The van der Waals surface area contributed by atoms with E-state index in [1.165, 1.54) is 16.5 Å². The summed E-state index contributed by atoms with van der Waals surface area (Å²) in [7, 11) is 3.82. The van der Waals surface area contributed by atoms with Crippen LogP contribution in [0, 0.1) is 17.8 Å². The highest BCUT2D eigenvalue weighted by Crippen LogP contribution is 2.48. The van der Waals surface area contributed by atoms with Crippen LogP contribution in [0.25, 0.3) is 38.8 Å². The molecule has 0 bridgehead atoms. The van der Waals surface area contributed by atoms with Crippen molar-refractivity contribution in [2.75, 3.05) is 7.11 Å². The quantitative estimate of drug-likeness (QED) is 0.300. The van der Waals surface area contributed by atoms with Crippen LogP contribution < -0.4 is 4.74 Å². The lowest BCUT2D eigenvalue weighted by atomic mass is 9.71. The van der Waals surface area contributed by atoms with Gasteiger partial charge in [-0.25, -0.2) is 9.97 Å². The van der Waals surface area contributed by atoms with Crippen LogP contribution >= 0.6 is 0 Å². The summed E-state index contributed by atoms with van der Waals surface area (Å²) < 4.78 is 12.5. The van der Waals surface area contributed by atoms with E-state index in [1.807, 2.05) is 18.5 Å². The number of benzene rings is 1. The molecule has 0 atom stereocenters. The molecule has 34 heavy (non-hydrogen) atoms. The molecule has 0 saturated carbocycles. The second-order valence-corrected chi connectivity index (χ2v) is 11.6. The monoisotopic (exact) mass is 457 g/mol. The maximum absolute atomic E-state index is 5.59. The minimum atomic E-state index is 0.00183. The van der Waals surface area contributed by atoms with Gasteiger partial charge < -0.3 is 13.9 Å². The molecule has 0 amide bonds. The number of imidazole rings is 1. The standard InChI is InChI=1S/C28H35N5O/c1-17-29-14-18-15-30-25-24(32(17)18)13-23(33(25)26(27(2,3)4)28(5,6)7)21-16-31(8)22-11-10-19(34-9)12-20(21)22/h10-16,26H,1-9H3. The second kappa shape index (κ2) is 7.36. The Bertz CT molecular complexity index is 1520. The molecule has 4 heterocycles. The van der Waals surface area contributed by atoms with Crippen molar-refractivity contribution in [3.63, 3.8) is 0 Å². The number of aryl methyl sites for hydroxylation is 2. The summed E-state index contributed by atoms with van der Waals surface area (Å²) >= 11 is 0. The van der Waals surface area contributed by atoms with Gasteiger partial charge in [0.2, 0.25) is 0 Å². The van der Waals surface area contributed by atoms with E-state index in [-0.39, 0.29) is 16.9 Å². The number of nitrogens with zero attached hydrogens (tertiary/aromatic N) is 5. The summed E-state index contributed by atoms with van der Waals surface area (Å²) in [4.78, 5) is 9.58. The predicted octanol–water partition coefficient (Wildman–Crippen LogP) is 6.79. The van der Waals surface area contributed by atoms with E-state index in [0.717, 1.165) is 33.9 Å². The number of rotatable bonds is 3. The van der Waals surface area contributed by atoms with Crippen LogP contribution in [0.15, 0.2) is 42.9 Å². The molecule has 6 nitrogen and oxygen atoms in total. The van der Waals surface area contributed by atoms with Crippen LogP contribution in [0.4, 0.5) is 0 Å². The minimum Gasteiger partial charge on any atom is -0.497 e. The molecule has 0 saturated heterocycles. The first kappa shape index (κ1) is 22.5. The van der Waals surface area contributed by atoms with Crippen molar-refractivity contribution in [3.05, 3.63) is 48.7 Å². The highest BCUT2D eigenvalue weighted by atomic mass is 16.5. The van der Waals surface area contributed by atoms with Crippen molar-refractivity contribution >= 4 is 27.6 Å². The molecule has 5 aromatic rings. The minimum absolute atomic E-state index is 0.00183. The average molecular weight is 458 g/mol. The molecule has 5 rings (SSSR count). The van der Waals surface area contributed by atoms with Crippen molar-refractivity contribution in [2.45, 2.75) is 54.5 Å². The van der Waals surface area contributed by atoms with E-state index >= 15 is 0 Å². The maximum Gasteiger partial charge on any atom is 0.157 e. The molecular weight excluding hydrogens is 422 g/mol. The summed E-state index contributed by atoms with van der Waals surface area (Å²) in [5, 5.41) is 1.17. The summed E-state index contributed by atoms with van der Waals surface area (Å²) in [5.41, 5.74) is 6.60. The van der Waals surface area contributed by atoms with Crippen LogP contribution in [0.5, 0.6) is 5.75 Å². The highest BCUT2D eigenvalue weighted by molar-refractivity contribution is 5.98. The van der Waals surface area contributed by atoms with Crippen molar-refractivity contribution in [2.24, 2.45) is 17.9 Å². The molecule has 178 valence electrons. The molecule has 0 aliphatic rings. The van der Waals surface area contributed by atoms with Crippen molar-refractivity contribution in [1.82, 2.24) is 23.5 Å². The Kier molecular flexibility index (Phi) is 4.87. The fraction of sp³-hybridized carbons (Fsp3) is 0.429. The molecule has 0 aliphatic carbocycles. The first-order valence-electron chi connectivity index (χ1n) is 11.9. The van der Waals surface area contributed by atoms with E-state index in [1.54, 1.807) is 7.11 Å². The van der Waals surface area contributed by atoms with Crippen molar-refractivity contribution < 1.29 is 4.74 Å². The number of hydrogen-bond donors (Lipinski definition) is 0. The van der Waals surface area contributed by atoms with E-state index < -0.39 is 0 Å². The smallest absolute Gasteiger partial charge is 0.157 e. The fourth-order valence-electron chi connectivity index (χ4n) is 6.03. The molecular formula is C28H35N5O. The summed E-state index contributed by atoms with van der Waals surface area (Å²) in [6.45, 7) is 16.0. The van der Waals surface area contributed by atoms with Gasteiger partial charge in [0.15, 0.2) is 5.65 Å². The van der Waals surface area contributed by atoms with Gasteiger partial charge >= 0.3 is 0 Å². The first-order chi connectivity index (χ1) is 15.9. The lowest BCUT2D eigenvalue weighted by molar-refractivity contribution is 0.116. The molecule has 1 aromatic carbocycles. The molecule has 0 N–H and O–H groups in total. The fourth-order valence-corrected chi connectivity index (χ4v) is 6.03. The van der Waals surface area contributed by atoms with Gasteiger partial charge in [0.1, 0.15) is 11.6 Å². The lowest BCUT2D eigenvalue weighted by Gasteiger charge is -2.43. The molecule has 6 heteroatoms. The lowest BCUT2D eigenvalue weighted by Crippen LogP contribution is -2.35. The molecule has 0 fully saturated rings. The van der Waals surface area contributed by atoms with Gasteiger partial charge in [0.05, 0.1) is 36.2 Å². The first-order valence-corrected chi connectivity index (χ1v) is 11.9. The van der Waals surface area contributed by atoms with Crippen molar-refractivity contribution in [1.29, 1.82) is 0 Å². The number of hydrogen-bond acceptors (Lipinski definition) is 3. The number of ether oxygens (including phenoxy) is 1. The molecule has 0 aliphatic heterocycles. The third-order valence-corrected chi connectivity index (χ3v) is 6.89. The maximum atomic E-state index is 5.59. The van der Waals surface area contributed by atoms with Crippen LogP contribution in [0.2, 0.25) is 0 Å². The van der Waals surface area contributed by atoms with E-state index in [2.05, 4.69) is 98.4 Å². The summed E-state index contributed by atoms with van der Waals surface area (Å²) in [5.74, 6) is 1.82. The predicted molar refractivity (Wildman–Crippen MR) is 140 cm³/mol. The highest BCUT2D eigenvalue weighted by Gasteiger charge is 2.39. The Labute approximate surface area is 201 Å². The van der Waals surface area contributed by atoms with Crippen LogP contribution in [0.3, 0.4) is 0 Å². The molecule has 4 aromatic heterocycles. The van der Waals surface area contributed by atoms with Gasteiger partial charge in [-0.1, -0.05) is 41.5 Å². The van der Waals surface area contributed by atoms with Gasteiger partial charge in [0, 0.05) is 35.8 Å². The molecule has 0 spiro atoms. The third kappa shape index (κ3) is 3.30. The van der Waals surface area contributed by atoms with Gasteiger partial charge in [-0.2, -0.15) is 0 Å². The number of fused-ring (bicyclic) bond motifs is 4. The largest absolute Gasteiger partial charge is 0.497 e. The molecule has 0 radical (unpaired) electrons. The summed E-state index contributed by atoms with van der Waals surface area (Å²) in [6.07, 6.45) is 6.07. The van der Waals surface area contributed by atoms with Gasteiger partial charge in [-0.15, -0.1) is 0 Å².